The number of anilines is 1. The minimum atomic E-state index is -0.924. The number of hydrogen-bond donors (Lipinski definition) is 1. The van der Waals surface area contributed by atoms with Gasteiger partial charge in [0.15, 0.2) is 6.04 Å². The van der Waals surface area contributed by atoms with Crippen LogP contribution < -0.4 is 5.32 Å². The molecule has 0 saturated heterocycles. The van der Waals surface area contributed by atoms with E-state index in [-0.39, 0.29) is 0 Å². The van der Waals surface area contributed by atoms with E-state index >= 15 is 0 Å². The highest BCUT2D eigenvalue weighted by Crippen LogP contribution is 2.34. The van der Waals surface area contributed by atoms with Gasteiger partial charge in [-0.1, -0.05) is 22.8 Å². The lowest BCUT2D eigenvalue weighted by atomic mass is 10.1. The van der Waals surface area contributed by atoms with Gasteiger partial charge < -0.3 is 5.32 Å². The van der Waals surface area contributed by atoms with Crippen LogP contribution >= 0.6 is 11.6 Å². The first-order chi connectivity index (χ1) is 6.22. The van der Waals surface area contributed by atoms with Crippen molar-refractivity contribution in [2.45, 2.75) is 6.04 Å². The average Bonchev–Trinajstić information content (AvgIpc) is 2.39. The van der Waals surface area contributed by atoms with Crippen LogP contribution in [0, 0.1) is 4.91 Å². The van der Waals surface area contributed by atoms with Gasteiger partial charge in [0.1, 0.15) is 0 Å². The summed E-state index contributed by atoms with van der Waals surface area (Å²) in [7, 11) is 0. The van der Waals surface area contributed by atoms with Gasteiger partial charge in [-0.3, -0.25) is 4.79 Å². The zero-order chi connectivity index (χ0) is 9.42. The minimum Gasteiger partial charge on any atom is -0.323 e. The summed E-state index contributed by atoms with van der Waals surface area (Å²) in [5, 5.41) is 5.78. The van der Waals surface area contributed by atoms with Crippen LogP contribution in [0.15, 0.2) is 23.4 Å². The van der Waals surface area contributed by atoms with E-state index in [4.69, 9.17) is 11.6 Å². The molecule has 5 heteroatoms. The van der Waals surface area contributed by atoms with Crippen LogP contribution in [0.1, 0.15) is 11.6 Å². The summed E-state index contributed by atoms with van der Waals surface area (Å²) in [5.41, 5.74) is 1.16. The molecule has 1 heterocycles. The number of fused-ring (bicyclic) bond motifs is 1. The van der Waals surface area contributed by atoms with Crippen molar-refractivity contribution in [2.75, 3.05) is 5.32 Å². The Kier molecular flexibility index (Phi) is 1.77. The molecule has 0 spiro atoms. The van der Waals surface area contributed by atoms with Crippen molar-refractivity contribution in [2.24, 2.45) is 5.18 Å². The van der Waals surface area contributed by atoms with Crippen LogP contribution in [0.3, 0.4) is 0 Å². The molecule has 1 unspecified atom stereocenters. The van der Waals surface area contributed by atoms with Crippen molar-refractivity contribution in [3.63, 3.8) is 0 Å². The number of hydrogen-bond acceptors (Lipinski definition) is 3. The maximum atomic E-state index is 11.1. The van der Waals surface area contributed by atoms with Crippen LogP contribution in [0.2, 0.25) is 5.02 Å². The number of carbonyl (C=O) groups is 1. The van der Waals surface area contributed by atoms with Crippen molar-refractivity contribution in [1.82, 2.24) is 0 Å². The first-order valence-corrected chi connectivity index (χ1v) is 4.03. The molecule has 1 atom stereocenters. The third-order valence-corrected chi connectivity index (χ3v) is 2.16. The maximum Gasteiger partial charge on any atom is 0.257 e. The third-order valence-electron chi connectivity index (χ3n) is 1.92. The molecule has 1 aliphatic heterocycles. The molecule has 1 N–H and O–H groups in total. The lowest BCUT2D eigenvalue weighted by Gasteiger charge is -1.98. The number of carbonyl (C=O) groups excluding carboxylic acids is 1. The Balaban J connectivity index is 2.54. The Labute approximate surface area is 78.9 Å². The van der Waals surface area contributed by atoms with Crippen molar-refractivity contribution >= 4 is 23.2 Å². The summed E-state index contributed by atoms with van der Waals surface area (Å²) in [4.78, 5) is 21.4. The standard InChI is InChI=1S/C8H5ClN2O2/c9-4-1-2-5-6(3-4)10-8(12)7(5)11-13/h1-3,7H,(H,10,12). The second kappa shape index (κ2) is 2.81. The van der Waals surface area contributed by atoms with Crippen molar-refractivity contribution in [1.29, 1.82) is 0 Å². The molecule has 0 fully saturated rings. The van der Waals surface area contributed by atoms with Crippen molar-refractivity contribution < 1.29 is 4.79 Å². The van der Waals surface area contributed by atoms with E-state index in [2.05, 4.69) is 10.5 Å². The molecule has 13 heavy (non-hydrogen) atoms. The fraction of sp³-hybridized carbons (Fsp3) is 0.125. The molecule has 4 nitrogen and oxygen atoms in total. The summed E-state index contributed by atoms with van der Waals surface area (Å²) < 4.78 is 0. The number of nitroso groups, excluding NO2 is 1. The fourth-order valence-corrected chi connectivity index (χ4v) is 1.49. The molecule has 0 saturated carbocycles. The fourth-order valence-electron chi connectivity index (χ4n) is 1.32. The molecular formula is C8H5ClN2O2. The van der Waals surface area contributed by atoms with Crippen LogP contribution in [-0.2, 0) is 4.79 Å². The Bertz CT molecular complexity index is 392. The number of nitrogens with one attached hydrogen (secondary N) is 1. The van der Waals surface area contributed by atoms with Crippen LogP contribution in [-0.4, -0.2) is 5.91 Å². The van der Waals surface area contributed by atoms with E-state index in [0.717, 1.165) is 0 Å². The van der Waals surface area contributed by atoms with Crippen molar-refractivity contribution in [3.05, 3.63) is 33.7 Å². The van der Waals surface area contributed by atoms with Gasteiger partial charge in [-0.25, -0.2) is 0 Å². The van der Waals surface area contributed by atoms with Gasteiger partial charge in [0.2, 0.25) is 0 Å². The predicted octanol–water partition coefficient (Wildman–Crippen LogP) is 2.10. The Morgan fingerprint density at radius 2 is 2.23 bits per heavy atom. The summed E-state index contributed by atoms with van der Waals surface area (Å²) in [5.74, 6) is -0.396. The third kappa shape index (κ3) is 1.19. The van der Waals surface area contributed by atoms with Crippen molar-refractivity contribution in [3.8, 4) is 0 Å². The number of halogens is 1. The first-order valence-electron chi connectivity index (χ1n) is 3.65. The molecule has 1 aromatic carbocycles. The molecule has 0 aromatic heterocycles. The SMILES string of the molecule is O=NC1C(=O)Nc2cc(Cl)ccc21. The molecule has 1 aromatic rings. The summed E-state index contributed by atoms with van der Waals surface area (Å²) in [6, 6.07) is 3.92. The summed E-state index contributed by atoms with van der Waals surface area (Å²) in [6.45, 7) is 0. The quantitative estimate of drug-likeness (QED) is 0.700. The average molecular weight is 197 g/mol. The summed E-state index contributed by atoms with van der Waals surface area (Å²) >= 11 is 5.70. The van der Waals surface area contributed by atoms with Gasteiger partial charge >= 0.3 is 0 Å². The van der Waals surface area contributed by atoms with Crippen LogP contribution in [0.25, 0.3) is 0 Å². The van der Waals surface area contributed by atoms with E-state index < -0.39 is 11.9 Å². The van der Waals surface area contributed by atoms with E-state index in [1.807, 2.05) is 0 Å². The second-order valence-corrected chi connectivity index (χ2v) is 3.17. The highest BCUT2D eigenvalue weighted by atomic mass is 35.5. The van der Waals surface area contributed by atoms with E-state index in [1.54, 1.807) is 18.2 Å². The van der Waals surface area contributed by atoms with E-state index in [1.165, 1.54) is 0 Å². The highest BCUT2D eigenvalue weighted by Gasteiger charge is 2.31. The molecule has 0 bridgehead atoms. The lowest BCUT2D eigenvalue weighted by molar-refractivity contribution is -0.116. The van der Waals surface area contributed by atoms with E-state index in [9.17, 15) is 9.70 Å². The largest absolute Gasteiger partial charge is 0.323 e. The number of nitrogens with zero attached hydrogens (tertiary/aromatic N) is 1. The smallest absolute Gasteiger partial charge is 0.257 e. The summed E-state index contributed by atoms with van der Waals surface area (Å²) in [6.07, 6.45) is 0. The first kappa shape index (κ1) is 8.19. The topological polar surface area (TPSA) is 58.5 Å². The maximum absolute atomic E-state index is 11.1. The molecule has 1 amide bonds. The normalized spacial score (nSPS) is 19.5. The van der Waals surface area contributed by atoms with Crippen LogP contribution in [0.4, 0.5) is 5.69 Å². The number of rotatable bonds is 1. The minimum absolute atomic E-state index is 0.396. The van der Waals surface area contributed by atoms with Gasteiger partial charge in [-0.05, 0) is 12.1 Å². The Hall–Kier alpha value is -1.42. The second-order valence-electron chi connectivity index (χ2n) is 2.73. The highest BCUT2D eigenvalue weighted by molar-refractivity contribution is 6.31. The van der Waals surface area contributed by atoms with Gasteiger partial charge in [0, 0.05) is 16.3 Å². The predicted molar refractivity (Wildman–Crippen MR) is 48.6 cm³/mol. The molecular weight excluding hydrogens is 192 g/mol. The van der Waals surface area contributed by atoms with Gasteiger partial charge in [-0.15, -0.1) is 4.91 Å². The van der Waals surface area contributed by atoms with Gasteiger partial charge in [0.25, 0.3) is 5.91 Å². The van der Waals surface area contributed by atoms with Gasteiger partial charge in [-0.2, -0.15) is 0 Å². The van der Waals surface area contributed by atoms with Crippen LogP contribution in [0.5, 0.6) is 0 Å². The number of benzene rings is 1. The van der Waals surface area contributed by atoms with E-state index in [0.29, 0.717) is 16.3 Å². The molecule has 0 aliphatic carbocycles. The zero-order valence-electron chi connectivity index (χ0n) is 6.45. The molecule has 1 aliphatic rings. The number of amides is 1. The Morgan fingerprint density at radius 3 is 2.92 bits per heavy atom. The zero-order valence-corrected chi connectivity index (χ0v) is 7.21. The van der Waals surface area contributed by atoms with Gasteiger partial charge in [0.05, 0.1) is 0 Å². The Morgan fingerprint density at radius 1 is 1.46 bits per heavy atom. The molecule has 2 rings (SSSR count). The monoisotopic (exact) mass is 196 g/mol. The lowest BCUT2D eigenvalue weighted by Crippen LogP contribution is -2.09. The molecule has 0 radical (unpaired) electrons. The molecule has 66 valence electrons.